The van der Waals surface area contributed by atoms with Crippen molar-refractivity contribution in [3.8, 4) is 0 Å². The highest BCUT2D eigenvalue weighted by atomic mass is 15.1. The van der Waals surface area contributed by atoms with Crippen molar-refractivity contribution in [1.82, 2.24) is 9.55 Å². The van der Waals surface area contributed by atoms with Crippen LogP contribution in [-0.4, -0.2) is 15.8 Å². The van der Waals surface area contributed by atoms with Gasteiger partial charge in [-0.2, -0.15) is 0 Å². The van der Waals surface area contributed by atoms with Crippen molar-refractivity contribution in [3.05, 3.63) is 18.6 Å². The molecule has 1 rings (SSSR count). The van der Waals surface area contributed by atoms with Gasteiger partial charge in [0.2, 0.25) is 0 Å². The molecule has 0 aliphatic rings. The molecule has 0 saturated heterocycles. The third-order valence-electron chi connectivity index (χ3n) is 1.46. The van der Waals surface area contributed by atoms with Crippen molar-refractivity contribution < 1.29 is 0 Å². The smallest absolute Gasteiger partial charge is 0.161 e. The first kappa shape index (κ1) is 8.52. The third-order valence-corrected chi connectivity index (χ3v) is 1.46. The van der Waals surface area contributed by atoms with Crippen molar-refractivity contribution >= 4 is 17.7 Å². The van der Waals surface area contributed by atoms with Gasteiger partial charge in [-0.3, -0.25) is 0 Å². The number of nitrogens with zero attached hydrogens (tertiary/aromatic N) is 3. The van der Waals surface area contributed by atoms with Crippen LogP contribution in [0, 0.1) is 0 Å². The molecular formula is C8H12N4. The van der Waals surface area contributed by atoms with Gasteiger partial charge in [-0.15, -0.1) is 0 Å². The Balaban J connectivity index is 3.21. The Hall–Kier alpha value is -1.58. The molecule has 4 heteroatoms. The van der Waals surface area contributed by atoms with Gasteiger partial charge in [0.1, 0.15) is 5.69 Å². The summed E-state index contributed by atoms with van der Waals surface area (Å²) in [7, 11) is 1.86. The Morgan fingerprint density at radius 2 is 2.50 bits per heavy atom. The van der Waals surface area contributed by atoms with E-state index in [0.29, 0.717) is 11.4 Å². The van der Waals surface area contributed by atoms with E-state index in [9.17, 15) is 0 Å². The Morgan fingerprint density at radius 3 is 3.00 bits per heavy atom. The molecule has 0 amide bonds. The molecule has 0 radical (unpaired) electrons. The predicted octanol–water partition coefficient (Wildman–Crippen LogP) is 1.07. The summed E-state index contributed by atoms with van der Waals surface area (Å²) in [6.45, 7) is 5.45. The Labute approximate surface area is 71.4 Å². The van der Waals surface area contributed by atoms with Crippen molar-refractivity contribution in [2.45, 2.75) is 6.92 Å². The summed E-state index contributed by atoms with van der Waals surface area (Å²) >= 11 is 0. The highest BCUT2D eigenvalue weighted by Crippen LogP contribution is 2.19. The molecule has 1 aromatic rings. The molecule has 0 saturated carbocycles. The van der Waals surface area contributed by atoms with Crippen LogP contribution in [-0.2, 0) is 7.05 Å². The number of aromatic nitrogens is 2. The molecule has 0 spiro atoms. The van der Waals surface area contributed by atoms with Crippen molar-refractivity contribution in [3.63, 3.8) is 0 Å². The first-order valence-corrected chi connectivity index (χ1v) is 3.61. The van der Waals surface area contributed by atoms with Gasteiger partial charge in [0, 0.05) is 13.3 Å². The maximum atomic E-state index is 5.51. The van der Waals surface area contributed by atoms with E-state index < -0.39 is 0 Å². The molecule has 4 nitrogen and oxygen atoms in total. The monoisotopic (exact) mass is 164 g/mol. The molecule has 0 bridgehead atoms. The van der Waals surface area contributed by atoms with Gasteiger partial charge in [0.15, 0.2) is 5.82 Å². The predicted molar refractivity (Wildman–Crippen MR) is 50.3 cm³/mol. The third kappa shape index (κ3) is 1.37. The number of imidazole rings is 1. The normalized spacial score (nSPS) is 10.8. The topological polar surface area (TPSA) is 56.2 Å². The zero-order valence-electron chi connectivity index (χ0n) is 7.28. The largest absolute Gasteiger partial charge is 0.397 e. The van der Waals surface area contributed by atoms with E-state index in [4.69, 9.17) is 5.73 Å². The van der Waals surface area contributed by atoms with Crippen LogP contribution < -0.4 is 5.73 Å². The molecule has 12 heavy (non-hydrogen) atoms. The minimum atomic E-state index is 0.441. The lowest BCUT2D eigenvalue weighted by Crippen LogP contribution is -1.95. The van der Waals surface area contributed by atoms with Crippen molar-refractivity contribution in [1.29, 1.82) is 0 Å². The van der Waals surface area contributed by atoms with Crippen LogP contribution in [0.25, 0.3) is 5.70 Å². The zero-order valence-corrected chi connectivity index (χ0v) is 7.28. The van der Waals surface area contributed by atoms with E-state index in [1.165, 1.54) is 0 Å². The minimum absolute atomic E-state index is 0.441. The van der Waals surface area contributed by atoms with E-state index in [-0.39, 0.29) is 0 Å². The van der Waals surface area contributed by atoms with E-state index in [1.54, 1.807) is 17.1 Å². The SMILES string of the molecule is C=C(N)c1ncn(C)c1N=CC. The van der Waals surface area contributed by atoms with Crippen LogP contribution in [0.2, 0.25) is 0 Å². The summed E-state index contributed by atoms with van der Waals surface area (Å²) in [5.74, 6) is 0.741. The lowest BCUT2D eigenvalue weighted by molar-refractivity contribution is 0.912. The highest BCUT2D eigenvalue weighted by molar-refractivity contribution is 5.69. The summed E-state index contributed by atoms with van der Waals surface area (Å²) in [5, 5.41) is 0. The van der Waals surface area contributed by atoms with E-state index >= 15 is 0 Å². The van der Waals surface area contributed by atoms with Crippen LogP contribution in [0.3, 0.4) is 0 Å². The van der Waals surface area contributed by atoms with E-state index in [2.05, 4.69) is 16.6 Å². The maximum Gasteiger partial charge on any atom is 0.161 e. The second-order valence-electron chi connectivity index (χ2n) is 2.44. The molecule has 1 heterocycles. The van der Waals surface area contributed by atoms with Crippen LogP contribution in [0.1, 0.15) is 12.6 Å². The molecule has 0 unspecified atom stereocenters. The zero-order chi connectivity index (χ0) is 9.14. The van der Waals surface area contributed by atoms with Gasteiger partial charge in [0.25, 0.3) is 0 Å². The number of aryl methyl sites for hydroxylation is 1. The quantitative estimate of drug-likeness (QED) is 0.665. The van der Waals surface area contributed by atoms with Gasteiger partial charge in [-0.05, 0) is 6.92 Å². The first-order chi connectivity index (χ1) is 5.66. The fourth-order valence-electron chi connectivity index (χ4n) is 0.925. The summed E-state index contributed by atoms with van der Waals surface area (Å²) in [4.78, 5) is 8.18. The molecule has 64 valence electrons. The fourth-order valence-corrected chi connectivity index (χ4v) is 0.925. The molecule has 0 atom stereocenters. The number of nitrogens with two attached hydrogens (primary N) is 1. The molecule has 0 aliphatic carbocycles. The summed E-state index contributed by atoms with van der Waals surface area (Å²) in [5.41, 5.74) is 6.60. The van der Waals surface area contributed by atoms with E-state index in [0.717, 1.165) is 5.82 Å². The molecule has 0 aliphatic heterocycles. The van der Waals surface area contributed by atoms with Gasteiger partial charge in [-0.25, -0.2) is 9.98 Å². The van der Waals surface area contributed by atoms with Crippen LogP contribution in [0.5, 0.6) is 0 Å². The number of hydrogen-bond acceptors (Lipinski definition) is 3. The van der Waals surface area contributed by atoms with Gasteiger partial charge < -0.3 is 10.3 Å². The molecular weight excluding hydrogens is 152 g/mol. The summed E-state index contributed by atoms with van der Waals surface area (Å²) < 4.78 is 1.80. The Morgan fingerprint density at radius 1 is 1.83 bits per heavy atom. The Bertz CT molecular complexity index is 322. The minimum Gasteiger partial charge on any atom is -0.397 e. The van der Waals surface area contributed by atoms with Gasteiger partial charge >= 0.3 is 0 Å². The second-order valence-corrected chi connectivity index (χ2v) is 2.44. The van der Waals surface area contributed by atoms with Gasteiger partial charge in [0.05, 0.1) is 12.0 Å². The molecule has 2 N–H and O–H groups in total. The average molecular weight is 164 g/mol. The lowest BCUT2D eigenvalue weighted by atomic mass is 10.3. The molecule has 0 fully saturated rings. The number of rotatable bonds is 2. The second kappa shape index (κ2) is 3.21. The average Bonchev–Trinajstić information content (AvgIpc) is 2.34. The standard InChI is InChI=1S/C8H12N4/c1-4-10-8-7(6(2)9)11-5-12(8)3/h4-5H,2,9H2,1,3H3. The molecule has 0 aromatic carbocycles. The van der Waals surface area contributed by atoms with E-state index in [1.807, 2.05) is 14.0 Å². The van der Waals surface area contributed by atoms with Crippen molar-refractivity contribution in [2.24, 2.45) is 17.8 Å². The highest BCUT2D eigenvalue weighted by Gasteiger charge is 2.07. The lowest BCUT2D eigenvalue weighted by Gasteiger charge is -1.97. The first-order valence-electron chi connectivity index (χ1n) is 3.61. The summed E-state index contributed by atoms with van der Waals surface area (Å²) in [6, 6.07) is 0. The van der Waals surface area contributed by atoms with Crippen LogP contribution in [0.4, 0.5) is 5.82 Å². The number of hydrogen-bond donors (Lipinski definition) is 1. The van der Waals surface area contributed by atoms with Crippen molar-refractivity contribution in [2.75, 3.05) is 0 Å². The van der Waals surface area contributed by atoms with Gasteiger partial charge in [-0.1, -0.05) is 6.58 Å². The fraction of sp³-hybridized carbons (Fsp3) is 0.250. The number of aliphatic imine (C=N–C) groups is 1. The van der Waals surface area contributed by atoms with Crippen LogP contribution >= 0.6 is 0 Å². The summed E-state index contributed by atoms with van der Waals surface area (Å²) in [6.07, 6.45) is 3.36. The Kier molecular flexibility index (Phi) is 2.28. The maximum absolute atomic E-state index is 5.51. The van der Waals surface area contributed by atoms with Crippen LogP contribution in [0.15, 0.2) is 17.9 Å². The molecule has 1 aromatic heterocycles.